The standard InChI is InChI=1S/C20H21NO5S/c1-14-7-9-15(10-8-14)21-19(23)12-27-13-20(24)26-11-17(22)16-5-3-4-6-18(16)25-2/h3-10H,11-13H2,1-2H3,(H,21,23). The van der Waals surface area contributed by atoms with Crippen LogP contribution in [0.4, 0.5) is 5.69 Å². The van der Waals surface area contributed by atoms with Crippen LogP contribution in [0.2, 0.25) is 0 Å². The molecule has 0 aliphatic rings. The Morgan fingerprint density at radius 3 is 2.41 bits per heavy atom. The summed E-state index contributed by atoms with van der Waals surface area (Å²) in [5, 5.41) is 2.75. The number of benzene rings is 2. The zero-order valence-electron chi connectivity index (χ0n) is 15.2. The smallest absolute Gasteiger partial charge is 0.316 e. The number of aryl methyl sites for hydroxylation is 1. The van der Waals surface area contributed by atoms with E-state index in [0.29, 0.717) is 17.0 Å². The molecular weight excluding hydrogens is 366 g/mol. The lowest BCUT2D eigenvalue weighted by molar-refractivity contribution is -0.139. The van der Waals surface area contributed by atoms with Gasteiger partial charge in [-0.2, -0.15) is 0 Å². The highest BCUT2D eigenvalue weighted by molar-refractivity contribution is 8.00. The summed E-state index contributed by atoms with van der Waals surface area (Å²) in [7, 11) is 1.47. The zero-order chi connectivity index (χ0) is 19.6. The van der Waals surface area contributed by atoms with Gasteiger partial charge >= 0.3 is 5.97 Å². The lowest BCUT2D eigenvalue weighted by atomic mass is 10.1. The van der Waals surface area contributed by atoms with Crippen LogP contribution in [0, 0.1) is 6.92 Å². The summed E-state index contributed by atoms with van der Waals surface area (Å²) in [5.41, 5.74) is 2.17. The van der Waals surface area contributed by atoms with Crippen LogP contribution in [-0.4, -0.2) is 42.9 Å². The van der Waals surface area contributed by atoms with Gasteiger partial charge in [0.25, 0.3) is 0 Å². The van der Waals surface area contributed by atoms with E-state index < -0.39 is 5.97 Å². The lowest BCUT2D eigenvalue weighted by Crippen LogP contribution is -2.18. The fourth-order valence-corrected chi connectivity index (χ4v) is 2.81. The van der Waals surface area contributed by atoms with E-state index in [4.69, 9.17) is 9.47 Å². The lowest BCUT2D eigenvalue weighted by Gasteiger charge is -2.08. The number of ketones is 1. The average molecular weight is 387 g/mol. The fraction of sp³-hybridized carbons (Fsp3) is 0.250. The Hall–Kier alpha value is -2.80. The summed E-state index contributed by atoms with van der Waals surface area (Å²) >= 11 is 1.12. The van der Waals surface area contributed by atoms with E-state index in [1.54, 1.807) is 24.3 Å². The van der Waals surface area contributed by atoms with Crippen molar-refractivity contribution in [2.45, 2.75) is 6.92 Å². The highest BCUT2D eigenvalue weighted by Gasteiger charge is 2.14. The Balaban J connectivity index is 1.69. The molecule has 0 saturated heterocycles. The van der Waals surface area contributed by atoms with Crippen molar-refractivity contribution in [2.24, 2.45) is 0 Å². The number of Topliss-reactive ketones (excluding diaryl/α,β-unsaturated/α-hetero) is 1. The minimum absolute atomic E-state index is 0.0134. The number of rotatable bonds is 9. The molecule has 0 unspecified atom stereocenters. The minimum Gasteiger partial charge on any atom is -0.496 e. The molecule has 0 aromatic heterocycles. The molecular formula is C20H21NO5S. The first-order valence-corrected chi connectivity index (χ1v) is 9.41. The molecule has 0 aliphatic carbocycles. The molecule has 7 heteroatoms. The SMILES string of the molecule is COc1ccccc1C(=O)COC(=O)CSCC(=O)Nc1ccc(C)cc1. The normalized spacial score (nSPS) is 10.1. The number of ether oxygens (including phenoxy) is 2. The molecule has 1 amide bonds. The quantitative estimate of drug-likeness (QED) is 0.526. The summed E-state index contributed by atoms with van der Waals surface area (Å²) in [6.45, 7) is 1.60. The van der Waals surface area contributed by atoms with Gasteiger partial charge in [0.05, 0.1) is 24.2 Å². The molecule has 0 fully saturated rings. The number of para-hydroxylation sites is 1. The molecule has 2 rings (SSSR count). The Kier molecular flexibility index (Phi) is 7.88. The predicted molar refractivity (Wildman–Crippen MR) is 105 cm³/mol. The monoisotopic (exact) mass is 387 g/mol. The van der Waals surface area contributed by atoms with Crippen molar-refractivity contribution in [1.82, 2.24) is 0 Å². The average Bonchev–Trinajstić information content (AvgIpc) is 2.67. The van der Waals surface area contributed by atoms with Gasteiger partial charge in [0.1, 0.15) is 5.75 Å². The first-order valence-electron chi connectivity index (χ1n) is 8.25. The van der Waals surface area contributed by atoms with Crippen LogP contribution in [0.1, 0.15) is 15.9 Å². The van der Waals surface area contributed by atoms with Crippen LogP contribution in [-0.2, 0) is 14.3 Å². The van der Waals surface area contributed by atoms with E-state index in [2.05, 4.69) is 5.32 Å². The minimum atomic E-state index is -0.550. The molecule has 0 bridgehead atoms. The van der Waals surface area contributed by atoms with Gasteiger partial charge in [0.15, 0.2) is 6.61 Å². The molecule has 0 radical (unpaired) electrons. The van der Waals surface area contributed by atoms with Crippen LogP contribution in [0.25, 0.3) is 0 Å². The number of hydrogen-bond acceptors (Lipinski definition) is 6. The van der Waals surface area contributed by atoms with Gasteiger partial charge in [-0.15, -0.1) is 11.8 Å². The summed E-state index contributed by atoms with van der Waals surface area (Å²) in [5.74, 6) is -0.569. The van der Waals surface area contributed by atoms with Crippen LogP contribution in [0.5, 0.6) is 5.75 Å². The third kappa shape index (κ3) is 6.79. The third-order valence-electron chi connectivity index (χ3n) is 3.56. The number of hydrogen-bond donors (Lipinski definition) is 1. The summed E-state index contributed by atoms with van der Waals surface area (Å²) in [6.07, 6.45) is 0. The maximum atomic E-state index is 12.1. The summed E-state index contributed by atoms with van der Waals surface area (Å²) in [4.78, 5) is 35.7. The van der Waals surface area contributed by atoms with Crippen molar-refractivity contribution in [3.63, 3.8) is 0 Å². The van der Waals surface area contributed by atoms with Crippen LogP contribution in [0.3, 0.4) is 0 Å². The van der Waals surface area contributed by atoms with Gasteiger partial charge in [0, 0.05) is 5.69 Å². The van der Waals surface area contributed by atoms with E-state index in [1.165, 1.54) is 7.11 Å². The second kappa shape index (κ2) is 10.4. The Morgan fingerprint density at radius 2 is 1.70 bits per heavy atom. The molecule has 27 heavy (non-hydrogen) atoms. The molecule has 142 valence electrons. The Bertz CT molecular complexity index is 804. The van der Waals surface area contributed by atoms with Gasteiger partial charge in [-0.05, 0) is 31.2 Å². The molecule has 1 N–H and O–H groups in total. The van der Waals surface area contributed by atoms with E-state index >= 15 is 0 Å². The largest absolute Gasteiger partial charge is 0.496 e. The number of nitrogens with one attached hydrogen (secondary N) is 1. The maximum absolute atomic E-state index is 12.1. The molecule has 0 atom stereocenters. The van der Waals surface area contributed by atoms with Crippen LogP contribution >= 0.6 is 11.8 Å². The zero-order valence-corrected chi connectivity index (χ0v) is 16.0. The van der Waals surface area contributed by atoms with E-state index in [0.717, 1.165) is 17.3 Å². The predicted octanol–water partition coefficient (Wildman–Crippen LogP) is 3.10. The fourth-order valence-electron chi connectivity index (χ4n) is 2.20. The molecule has 6 nitrogen and oxygen atoms in total. The Morgan fingerprint density at radius 1 is 1.00 bits per heavy atom. The summed E-state index contributed by atoms with van der Waals surface area (Å²) in [6, 6.07) is 14.2. The number of carbonyl (C=O) groups excluding carboxylic acids is 3. The van der Waals surface area contributed by atoms with Crippen LogP contribution in [0.15, 0.2) is 48.5 Å². The summed E-state index contributed by atoms with van der Waals surface area (Å²) < 4.78 is 10.1. The highest BCUT2D eigenvalue weighted by Crippen LogP contribution is 2.18. The first kappa shape index (κ1) is 20.5. The second-order valence-electron chi connectivity index (χ2n) is 5.69. The molecule has 2 aromatic rings. The van der Waals surface area contributed by atoms with Gasteiger partial charge in [-0.3, -0.25) is 14.4 Å². The second-order valence-corrected chi connectivity index (χ2v) is 6.68. The molecule has 0 saturated carbocycles. The number of thioether (sulfide) groups is 1. The van der Waals surface area contributed by atoms with E-state index in [-0.39, 0.29) is 29.8 Å². The topological polar surface area (TPSA) is 81.7 Å². The number of esters is 1. The molecule has 2 aromatic carbocycles. The van der Waals surface area contributed by atoms with Crippen molar-refractivity contribution in [3.05, 3.63) is 59.7 Å². The number of amides is 1. The van der Waals surface area contributed by atoms with Crippen molar-refractivity contribution in [2.75, 3.05) is 30.5 Å². The molecule has 0 aliphatic heterocycles. The molecule has 0 heterocycles. The highest BCUT2D eigenvalue weighted by atomic mass is 32.2. The van der Waals surface area contributed by atoms with Crippen molar-refractivity contribution in [1.29, 1.82) is 0 Å². The first-order chi connectivity index (χ1) is 13.0. The third-order valence-corrected chi connectivity index (χ3v) is 4.47. The maximum Gasteiger partial charge on any atom is 0.316 e. The number of anilines is 1. The van der Waals surface area contributed by atoms with Crippen molar-refractivity contribution in [3.8, 4) is 5.75 Å². The number of carbonyl (C=O) groups is 3. The van der Waals surface area contributed by atoms with E-state index in [9.17, 15) is 14.4 Å². The van der Waals surface area contributed by atoms with Gasteiger partial charge in [-0.1, -0.05) is 29.8 Å². The van der Waals surface area contributed by atoms with Crippen molar-refractivity contribution >= 4 is 35.1 Å². The van der Waals surface area contributed by atoms with Gasteiger partial charge in [-0.25, -0.2) is 0 Å². The Labute approximate surface area is 162 Å². The van der Waals surface area contributed by atoms with E-state index in [1.807, 2.05) is 31.2 Å². The van der Waals surface area contributed by atoms with Crippen molar-refractivity contribution < 1.29 is 23.9 Å². The number of methoxy groups -OCH3 is 1. The van der Waals surface area contributed by atoms with Crippen LogP contribution < -0.4 is 10.1 Å². The van der Waals surface area contributed by atoms with Gasteiger partial charge in [0.2, 0.25) is 11.7 Å². The van der Waals surface area contributed by atoms with Gasteiger partial charge < -0.3 is 14.8 Å². The molecule has 0 spiro atoms.